The Kier molecular flexibility index (Phi) is 17.6. The molecule has 3 aliphatic heterocycles. The number of oxime groups is 1. The fourth-order valence-electron chi connectivity index (χ4n) is 9.52. The zero-order valence-corrected chi connectivity index (χ0v) is 38.2. The van der Waals surface area contributed by atoms with E-state index in [-0.39, 0.29) is 38.0 Å². The monoisotopic (exact) mass is 853 g/mol. The molecular weight excluding hydrogens is 776 g/mol. The number of hydrogen-bond acceptors (Lipinski definition) is 15. The smallest absolute Gasteiger partial charge is 0.311 e. The Morgan fingerprint density at radius 3 is 2.15 bits per heavy atom. The number of carbonyl (C=O) groups excluding carboxylic acids is 1. The van der Waals surface area contributed by atoms with Crippen molar-refractivity contribution in [2.75, 3.05) is 27.8 Å². The van der Waals surface area contributed by atoms with Crippen molar-refractivity contribution in [1.82, 2.24) is 4.90 Å². The molecule has 2 unspecified atom stereocenters. The highest BCUT2D eigenvalue weighted by Crippen LogP contribution is 2.41. The largest absolute Gasteiger partial charge is 0.459 e. The summed E-state index contributed by atoms with van der Waals surface area (Å²) >= 11 is 0. The van der Waals surface area contributed by atoms with Crippen LogP contribution in [0.1, 0.15) is 100 Å². The summed E-state index contributed by atoms with van der Waals surface area (Å²) in [5.74, 6) is -4.01. The summed E-state index contributed by atoms with van der Waals surface area (Å²) in [5.41, 5.74) is -3.31. The van der Waals surface area contributed by atoms with E-state index in [1.165, 1.54) is 14.0 Å². The number of likely N-dealkylation sites (N-methyl/N-ethyl adjacent to an activating group) is 1. The SMILES string of the molecule is CC[C@H]1OC(=O)[C@H](C)[C@@H](OC2C[C@@](C)(OC)[C@@H](O)[C@H](C)O2)[C@H](C)[C@@H](O[C@@H]2O[C@H](C)C[C@H](N(C)C)[C@H]2O)C(C)(O)C[C@@H](C)/C(=N\OCCc2ccccc2)[C@H](C)[C@@H](O)[C@]1(C)O. The van der Waals surface area contributed by atoms with E-state index in [9.17, 15) is 30.3 Å². The van der Waals surface area contributed by atoms with Gasteiger partial charge in [-0.2, -0.15) is 0 Å². The van der Waals surface area contributed by atoms with Gasteiger partial charge in [0.25, 0.3) is 0 Å². The van der Waals surface area contributed by atoms with Gasteiger partial charge in [-0.05, 0) is 80.5 Å². The minimum atomic E-state index is -1.94. The second-order valence-corrected chi connectivity index (χ2v) is 18.7. The van der Waals surface area contributed by atoms with Crippen molar-refractivity contribution in [2.24, 2.45) is 28.8 Å². The van der Waals surface area contributed by atoms with Crippen LogP contribution in [0.25, 0.3) is 0 Å². The Balaban J connectivity index is 1.84. The lowest BCUT2D eigenvalue weighted by Crippen LogP contribution is -2.61. The molecule has 3 saturated heterocycles. The highest BCUT2D eigenvalue weighted by atomic mass is 16.7. The van der Waals surface area contributed by atoms with Crippen molar-refractivity contribution in [3.8, 4) is 0 Å². The molecule has 344 valence electrons. The summed E-state index contributed by atoms with van der Waals surface area (Å²) in [6.45, 7) is 17.4. The van der Waals surface area contributed by atoms with Gasteiger partial charge in [-0.15, -0.1) is 0 Å². The highest BCUT2D eigenvalue weighted by Gasteiger charge is 2.53. The molecule has 0 aromatic heterocycles. The van der Waals surface area contributed by atoms with Crippen LogP contribution >= 0.6 is 0 Å². The van der Waals surface area contributed by atoms with Crippen LogP contribution in [-0.4, -0.2) is 154 Å². The molecule has 15 nitrogen and oxygen atoms in total. The van der Waals surface area contributed by atoms with Crippen molar-refractivity contribution in [1.29, 1.82) is 0 Å². The molecule has 3 fully saturated rings. The number of cyclic esters (lactones) is 1. The van der Waals surface area contributed by atoms with E-state index in [1.807, 2.05) is 63.2 Å². The summed E-state index contributed by atoms with van der Waals surface area (Å²) in [5, 5.41) is 64.1. The first-order valence-electron chi connectivity index (χ1n) is 21.7. The summed E-state index contributed by atoms with van der Waals surface area (Å²) in [7, 11) is 5.24. The van der Waals surface area contributed by atoms with Crippen molar-refractivity contribution < 1.29 is 63.6 Å². The Labute approximate surface area is 357 Å². The maximum absolute atomic E-state index is 14.4. The van der Waals surface area contributed by atoms with Gasteiger partial charge in [-0.1, -0.05) is 63.2 Å². The zero-order chi connectivity index (χ0) is 44.9. The molecule has 0 bridgehead atoms. The second kappa shape index (κ2) is 20.9. The quantitative estimate of drug-likeness (QED) is 0.122. The van der Waals surface area contributed by atoms with Gasteiger partial charge in [-0.25, -0.2) is 0 Å². The van der Waals surface area contributed by atoms with E-state index in [4.69, 9.17) is 33.3 Å². The van der Waals surface area contributed by atoms with E-state index in [0.717, 1.165) is 5.56 Å². The molecule has 1 aromatic carbocycles. The van der Waals surface area contributed by atoms with Crippen LogP contribution in [0.4, 0.5) is 0 Å². The van der Waals surface area contributed by atoms with Crippen molar-refractivity contribution in [2.45, 2.75) is 186 Å². The van der Waals surface area contributed by atoms with Crippen LogP contribution in [0.15, 0.2) is 35.5 Å². The number of carbonyl (C=O) groups is 1. The third kappa shape index (κ3) is 11.6. The lowest BCUT2D eigenvalue weighted by Gasteiger charge is -2.49. The van der Waals surface area contributed by atoms with Crippen LogP contribution in [-0.2, 0) is 44.5 Å². The number of nitrogens with zero attached hydrogens (tertiary/aromatic N) is 2. The van der Waals surface area contributed by atoms with E-state index in [1.54, 1.807) is 48.5 Å². The summed E-state index contributed by atoms with van der Waals surface area (Å²) < 4.78 is 37.8. The minimum absolute atomic E-state index is 0.00518. The normalized spacial score (nSPS) is 44.6. The van der Waals surface area contributed by atoms with Gasteiger partial charge in [0.05, 0.1) is 53.4 Å². The first-order valence-corrected chi connectivity index (χ1v) is 21.7. The lowest BCUT2D eigenvalue weighted by molar-refractivity contribution is -0.317. The Bertz CT molecular complexity index is 1530. The highest BCUT2D eigenvalue weighted by molar-refractivity contribution is 5.88. The maximum atomic E-state index is 14.4. The third-order valence-electron chi connectivity index (χ3n) is 13.4. The number of ether oxygens (including phenoxy) is 6. The average molecular weight is 853 g/mol. The molecule has 0 radical (unpaired) electrons. The second-order valence-electron chi connectivity index (χ2n) is 18.7. The zero-order valence-electron chi connectivity index (χ0n) is 38.2. The molecule has 0 aliphatic carbocycles. The van der Waals surface area contributed by atoms with Crippen LogP contribution in [0.2, 0.25) is 0 Å². The number of hydrogen-bond donors (Lipinski definition) is 5. The minimum Gasteiger partial charge on any atom is -0.459 e. The predicted molar refractivity (Wildman–Crippen MR) is 225 cm³/mol. The van der Waals surface area contributed by atoms with Crippen LogP contribution in [0.5, 0.6) is 0 Å². The number of rotatable bonds is 11. The third-order valence-corrected chi connectivity index (χ3v) is 13.4. The van der Waals surface area contributed by atoms with Crippen LogP contribution in [0, 0.1) is 23.7 Å². The predicted octanol–water partition coefficient (Wildman–Crippen LogP) is 3.83. The Morgan fingerprint density at radius 2 is 1.55 bits per heavy atom. The molecule has 0 spiro atoms. The van der Waals surface area contributed by atoms with E-state index < -0.39 is 102 Å². The van der Waals surface area contributed by atoms with Crippen molar-refractivity contribution >= 4 is 11.7 Å². The number of benzene rings is 1. The standard InChI is InChI=1S/C45H76N2O13/c1-14-33-45(10,53)38(49)27(4)35(46-55-21-20-31-18-16-15-17-19-31)25(2)23-43(8,52)40(60-42-36(48)32(47(11)12)22-26(3)56-42)28(5)37(29(6)41(51)58-33)59-34-24-44(9,54-13)39(50)30(7)57-34/h15-19,25-30,32-34,36-40,42,48-50,52-53H,14,20-24H2,1-13H3/b46-35+/t25-,26-,27+,28+,29-,30+,32+,33-,34?,36-,37+,38-,39+,40-,42+,43?,44-,45-/m1/s1. The van der Waals surface area contributed by atoms with E-state index in [2.05, 4.69) is 5.16 Å². The first kappa shape index (κ1) is 50.4. The number of esters is 1. The fourth-order valence-corrected chi connectivity index (χ4v) is 9.52. The van der Waals surface area contributed by atoms with Gasteiger partial charge in [0.1, 0.15) is 30.5 Å². The van der Waals surface area contributed by atoms with Crippen molar-refractivity contribution in [3.63, 3.8) is 0 Å². The molecule has 4 rings (SSSR count). The molecule has 60 heavy (non-hydrogen) atoms. The first-order chi connectivity index (χ1) is 28.0. The topological polar surface area (TPSA) is 198 Å². The fraction of sp³-hybridized carbons (Fsp3) is 0.822. The van der Waals surface area contributed by atoms with Gasteiger partial charge in [-0.3, -0.25) is 4.79 Å². The van der Waals surface area contributed by atoms with E-state index in [0.29, 0.717) is 18.6 Å². The van der Waals surface area contributed by atoms with Gasteiger partial charge >= 0.3 is 5.97 Å². The molecule has 0 amide bonds. The molecule has 5 N–H and O–H groups in total. The average Bonchev–Trinajstić information content (AvgIpc) is 3.19. The number of methoxy groups -OCH3 is 1. The van der Waals surface area contributed by atoms with Gasteiger partial charge in [0.2, 0.25) is 0 Å². The molecule has 3 aliphatic rings. The number of aliphatic hydroxyl groups is 5. The molecular formula is C45H76N2O13. The van der Waals surface area contributed by atoms with Crippen LogP contribution in [0.3, 0.4) is 0 Å². The summed E-state index contributed by atoms with van der Waals surface area (Å²) in [6.07, 6.45) is -8.71. The Morgan fingerprint density at radius 1 is 0.900 bits per heavy atom. The molecule has 3 heterocycles. The lowest BCUT2D eigenvalue weighted by atomic mass is 9.73. The summed E-state index contributed by atoms with van der Waals surface area (Å²) in [6, 6.07) is 9.48. The number of aliphatic hydroxyl groups excluding tert-OH is 3. The van der Waals surface area contributed by atoms with E-state index >= 15 is 0 Å². The Hall–Kier alpha value is -2.28. The molecule has 15 heteroatoms. The molecule has 1 aromatic rings. The van der Waals surface area contributed by atoms with Gasteiger partial charge in [0, 0.05) is 43.7 Å². The molecule has 18 atom stereocenters. The van der Waals surface area contributed by atoms with Crippen LogP contribution < -0.4 is 0 Å². The van der Waals surface area contributed by atoms with Gasteiger partial charge in [0.15, 0.2) is 12.6 Å². The summed E-state index contributed by atoms with van der Waals surface area (Å²) in [4.78, 5) is 22.2. The van der Waals surface area contributed by atoms with Crippen molar-refractivity contribution in [3.05, 3.63) is 35.9 Å². The maximum Gasteiger partial charge on any atom is 0.311 e. The molecule has 0 saturated carbocycles. The van der Waals surface area contributed by atoms with Gasteiger partial charge < -0.3 is 63.7 Å².